The monoisotopic (exact) mass is 235 g/mol. The summed E-state index contributed by atoms with van der Waals surface area (Å²) in [6.07, 6.45) is 2.96. The molecule has 1 aromatic heterocycles. The van der Waals surface area contributed by atoms with Crippen LogP contribution in [-0.4, -0.2) is 17.7 Å². The Balaban J connectivity index is 2.05. The molecule has 0 fully saturated rings. The number of nitrogens with zero attached hydrogens (tertiary/aromatic N) is 4. The second-order valence-corrected chi connectivity index (χ2v) is 4.09. The average Bonchev–Trinajstić information content (AvgIpc) is 2.73. The van der Waals surface area contributed by atoms with Crippen LogP contribution in [0.5, 0.6) is 0 Å². The Morgan fingerprint density at radius 1 is 1.31 bits per heavy atom. The maximum atomic E-state index is 13.0. The van der Waals surface area contributed by atoms with E-state index in [1.165, 1.54) is 36.1 Å². The van der Waals surface area contributed by atoms with Gasteiger partial charge in [0, 0.05) is 0 Å². The summed E-state index contributed by atoms with van der Waals surface area (Å²) in [5, 5.41) is 9.66. The number of hydrogen-bond donors (Lipinski definition) is 1. The van der Waals surface area contributed by atoms with Crippen molar-refractivity contribution in [1.82, 2.24) is 10.4 Å². The molecule has 1 N–H and O–H groups in total. The van der Waals surface area contributed by atoms with E-state index in [2.05, 4.69) is 20.6 Å². The van der Waals surface area contributed by atoms with Crippen molar-refractivity contribution in [3.8, 4) is 0 Å². The van der Waals surface area contributed by atoms with E-state index in [-0.39, 0.29) is 5.82 Å². The fourth-order valence-electron chi connectivity index (χ4n) is 1.33. The number of thiazole rings is 1. The standard InChI is InChI=1S/C9H6FN5S/c10-6-1-2-7-8(3-6)16-9(14-7)15-5-12-11-4-13-15/h1-5H,(H,11,13). The highest BCUT2D eigenvalue weighted by atomic mass is 32.1. The molecule has 1 aliphatic rings. The number of fused-ring (bicyclic) bond motifs is 1. The average molecular weight is 235 g/mol. The minimum absolute atomic E-state index is 0.260. The van der Waals surface area contributed by atoms with Crippen LogP contribution in [0.3, 0.4) is 0 Å². The van der Waals surface area contributed by atoms with Crippen LogP contribution in [0.4, 0.5) is 9.52 Å². The molecule has 80 valence electrons. The summed E-state index contributed by atoms with van der Waals surface area (Å²) >= 11 is 1.38. The Labute approximate surface area is 93.9 Å². The predicted octanol–water partition coefficient (Wildman–Crippen LogP) is 1.73. The minimum atomic E-state index is -0.260. The van der Waals surface area contributed by atoms with Gasteiger partial charge in [-0.05, 0) is 18.2 Å². The van der Waals surface area contributed by atoms with E-state index in [9.17, 15) is 4.39 Å². The van der Waals surface area contributed by atoms with E-state index >= 15 is 0 Å². The van der Waals surface area contributed by atoms with Gasteiger partial charge in [0.05, 0.1) is 10.2 Å². The summed E-state index contributed by atoms with van der Waals surface area (Å²) in [5.41, 5.74) is 3.62. The van der Waals surface area contributed by atoms with Gasteiger partial charge in [0.2, 0.25) is 5.13 Å². The molecular formula is C9H6FN5S. The van der Waals surface area contributed by atoms with Crippen LogP contribution in [0.25, 0.3) is 10.2 Å². The Morgan fingerprint density at radius 2 is 2.25 bits per heavy atom. The van der Waals surface area contributed by atoms with Gasteiger partial charge in [0.25, 0.3) is 0 Å². The third-order valence-corrected chi connectivity index (χ3v) is 3.05. The van der Waals surface area contributed by atoms with Gasteiger partial charge in [-0.3, -0.25) is 5.43 Å². The van der Waals surface area contributed by atoms with Crippen molar-refractivity contribution in [2.45, 2.75) is 0 Å². The second kappa shape index (κ2) is 3.53. The zero-order chi connectivity index (χ0) is 11.0. The molecule has 0 atom stereocenters. The third kappa shape index (κ3) is 1.50. The highest BCUT2D eigenvalue weighted by molar-refractivity contribution is 7.22. The first-order chi connectivity index (χ1) is 7.83. The number of aromatic nitrogens is 1. The molecule has 2 aromatic rings. The SMILES string of the molecule is Fc1ccc2nc(N3C=NN=CN3)sc2c1. The Kier molecular flexibility index (Phi) is 2.03. The van der Waals surface area contributed by atoms with Gasteiger partial charge < -0.3 is 0 Å². The van der Waals surface area contributed by atoms with E-state index in [1.807, 2.05) is 0 Å². The van der Waals surface area contributed by atoms with Crippen molar-refractivity contribution >= 4 is 39.4 Å². The van der Waals surface area contributed by atoms with Gasteiger partial charge in [0.15, 0.2) is 0 Å². The van der Waals surface area contributed by atoms with Crippen LogP contribution in [0, 0.1) is 5.82 Å². The second-order valence-electron chi connectivity index (χ2n) is 3.08. The number of benzene rings is 1. The predicted molar refractivity (Wildman–Crippen MR) is 62.2 cm³/mol. The molecular weight excluding hydrogens is 229 g/mol. The van der Waals surface area contributed by atoms with Crippen LogP contribution in [0.2, 0.25) is 0 Å². The lowest BCUT2D eigenvalue weighted by atomic mass is 10.3. The molecule has 0 saturated heterocycles. The summed E-state index contributed by atoms with van der Waals surface area (Å²) in [5.74, 6) is -0.260. The number of halogens is 1. The molecule has 0 saturated carbocycles. The molecule has 0 amide bonds. The molecule has 2 heterocycles. The fourth-order valence-corrected chi connectivity index (χ4v) is 2.26. The third-order valence-electron chi connectivity index (χ3n) is 2.03. The molecule has 7 heteroatoms. The largest absolute Gasteiger partial charge is 0.279 e. The number of anilines is 1. The quantitative estimate of drug-likeness (QED) is 0.819. The summed E-state index contributed by atoms with van der Waals surface area (Å²) in [6.45, 7) is 0. The Bertz CT molecular complexity index is 591. The summed E-state index contributed by atoms with van der Waals surface area (Å²) < 4.78 is 13.8. The smallest absolute Gasteiger partial charge is 0.211 e. The van der Waals surface area contributed by atoms with Crippen molar-refractivity contribution in [2.24, 2.45) is 10.2 Å². The maximum absolute atomic E-state index is 13.0. The summed E-state index contributed by atoms with van der Waals surface area (Å²) in [4.78, 5) is 4.34. The highest BCUT2D eigenvalue weighted by Crippen LogP contribution is 2.28. The molecule has 3 rings (SSSR count). The van der Waals surface area contributed by atoms with Gasteiger partial charge in [-0.25, -0.2) is 14.4 Å². The molecule has 0 spiro atoms. The van der Waals surface area contributed by atoms with Crippen molar-refractivity contribution in [2.75, 3.05) is 5.01 Å². The molecule has 0 radical (unpaired) electrons. The van der Waals surface area contributed by atoms with E-state index in [4.69, 9.17) is 0 Å². The first-order valence-electron chi connectivity index (χ1n) is 4.49. The van der Waals surface area contributed by atoms with Gasteiger partial charge >= 0.3 is 0 Å². The van der Waals surface area contributed by atoms with Gasteiger partial charge in [0.1, 0.15) is 18.5 Å². The molecule has 0 aliphatic carbocycles. The first kappa shape index (κ1) is 9.22. The Hall–Kier alpha value is -2.02. The van der Waals surface area contributed by atoms with Crippen LogP contribution in [0.15, 0.2) is 28.4 Å². The number of nitrogens with one attached hydrogen (secondary N) is 1. The summed E-state index contributed by atoms with van der Waals surface area (Å²) in [7, 11) is 0. The van der Waals surface area contributed by atoms with Crippen molar-refractivity contribution < 1.29 is 4.39 Å². The van der Waals surface area contributed by atoms with E-state index in [0.29, 0.717) is 5.13 Å². The van der Waals surface area contributed by atoms with Crippen LogP contribution in [-0.2, 0) is 0 Å². The number of rotatable bonds is 1. The maximum Gasteiger partial charge on any atom is 0.211 e. The van der Waals surface area contributed by atoms with Gasteiger partial charge in [-0.15, -0.1) is 10.2 Å². The van der Waals surface area contributed by atoms with Crippen molar-refractivity contribution in [3.63, 3.8) is 0 Å². The minimum Gasteiger partial charge on any atom is -0.279 e. The lowest BCUT2D eigenvalue weighted by Crippen LogP contribution is -2.37. The number of hydrazine groups is 1. The summed E-state index contributed by atoms with van der Waals surface area (Å²) in [6, 6.07) is 4.51. The van der Waals surface area contributed by atoms with Crippen molar-refractivity contribution in [3.05, 3.63) is 24.0 Å². The molecule has 1 aliphatic heterocycles. The zero-order valence-electron chi connectivity index (χ0n) is 7.96. The molecule has 0 bridgehead atoms. The molecule has 5 nitrogen and oxygen atoms in total. The highest BCUT2D eigenvalue weighted by Gasteiger charge is 2.11. The first-order valence-corrected chi connectivity index (χ1v) is 5.31. The van der Waals surface area contributed by atoms with E-state index in [0.717, 1.165) is 10.2 Å². The van der Waals surface area contributed by atoms with Crippen LogP contribution < -0.4 is 10.4 Å². The number of hydrogen-bond acceptors (Lipinski definition) is 6. The topological polar surface area (TPSA) is 52.9 Å². The lowest BCUT2D eigenvalue weighted by molar-refractivity contribution is 0.630. The molecule has 0 unspecified atom stereocenters. The van der Waals surface area contributed by atoms with E-state index < -0.39 is 0 Å². The molecule has 1 aromatic carbocycles. The van der Waals surface area contributed by atoms with Gasteiger partial charge in [-0.1, -0.05) is 11.3 Å². The van der Waals surface area contributed by atoms with Crippen LogP contribution >= 0.6 is 11.3 Å². The van der Waals surface area contributed by atoms with Crippen LogP contribution in [0.1, 0.15) is 0 Å². The molecule has 16 heavy (non-hydrogen) atoms. The lowest BCUT2D eigenvalue weighted by Gasteiger charge is -2.15. The van der Waals surface area contributed by atoms with Crippen molar-refractivity contribution in [1.29, 1.82) is 0 Å². The normalized spacial score (nSPS) is 14.4. The fraction of sp³-hybridized carbons (Fsp3) is 0. The Morgan fingerprint density at radius 3 is 3.06 bits per heavy atom. The van der Waals surface area contributed by atoms with E-state index in [1.54, 1.807) is 11.1 Å². The van der Waals surface area contributed by atoms with Gasteiger partial charge in [-0.2, -0.15) is 0 Å². The zero-order valence-corrected chi connectivity index (χ0v) is 8.78.